The van der Waals surface area contributed by atoms with E-state index in [1.165, 1.54) is 0 Å². The maximum atomic E-state index is 12.8. The molecule has 2 rings (SSSR count). The fourth-order valence-corrected chi connectivity index (χ4v) is 4.40. The number of rotatable bonds is 5. The summed E-state index contributed by atoms with van der Waals surface area (Å²) >= 11 is 3.71. The predicted octanol–water partition coefficient (Wildman–Crippen LogP) is 3.19. The van der Waals surface area contributed by atoms with E-state index < -0.39 is 11.9 Å². The van der Waals surface area contributed by atoms with Gasteiger partial charge in [-0.25, -0.2) is 4.98 Å². The molecule has 2 heterocycles. The lowest BCUT2D eigenvalue weighted by molar-refractivity contribution is -0.141. The quantitative estimate of drug-likeness (QED) is 0.860. The van der Waals surface area contributed by atoms with Crippen molar-refractivity contribution in [1.29, 1.82) is 0 Å². The fraction of sp³-hybridized carbons (Fsp3) is 0.667. The molecule has 0 spiro atoms. The Morgan fingerprint density at radius 3 is 2.71 bits per heavy atom. The van der Waals surface area contributed by atoms with Crippen LogP contribution in [0.25, 0.3) is 0 Å². The van der Waals surface area contributed by atoms with E-state index in [1.54, 1.807) is 6.92 Å². The average Bonchev–Trinajstić information content (AvgIpc) is 2.45. The summed E-state index contributed by atoms with van der Waals surface area (Å²) in [6.45, 7) is 2.86. The molecule has 4 nitrogen and oxygen atoms in total. The number of hydrogen-bond donors (Lipinski definition) is 2. The summed E-state index contributed by atoms with van der Waals surface area (Å²) in [6.07, 6.45) is -4.47. The van der Waals surface area contributed by atoms with E-state index in [1.807, 2.05) is 23.5 Å². The van der Waals surface area contributed by atoms with Crippen molar-refractivity contribution in [2.75, 3.05) is 41.0 Å². The SMILES string of the molecule is CCNc1nc(NCC2CSCCS2)cc(C(F)(F)F)n1. The lowest BCUT2D eigenvalue weighted by atomic mass is 10.3. The van der Waals surface area contributed by atoms with Crippen molar-refractivity contribution < 1.29 is 13.2 Å². The maximum absolute atomic E-state index is 12.8. The molecule has 0 bridgehead atoms. The van der Waals surface area contributed by atoms with Crippen molar-refractivity contribution in [3.05, 3.63) is 11.8 Å². The zero-order valence-electron chi connectivity index (χ0n) is 11.5. The number of anilines is 2. The van der Waals surface area contributed by atoms with Crippen LogP contribution in [0.5, 0.6) is 0 Å². The number of nitrogens with one attached hydrogen (secondary N) is 2. The van der Waals surface area contributed by atoms with Gasteiger partial charge in [0.2, 0.25) is 5.95 Å². The number of hydrogen-bond acceptors (Lipinski definition) is 6. The predicted molar refractivity (Wildman–Crippen MR) is 83.3 cm³/mol. The highest BCUT2D eigenvalue weighted by Gasteiger charge is 2.33. The molecule has 1 aromatic heterocycles. The summed E-state index contributed by atoms with van der Waals surface area (Å²) in [5, 5.41) is 6.13. The first-order valence-electron chi connectivity index (χ1n) is 6.62. The zero-order valence-corrected chi connectivity index (χ0v) is 13.2. The molecule has 1 atom stereocenters. The van der Waals surface area contributed by atoms with Crippen molar-refractivity contribution in [2.45, 2.75) is 18.3 Å². The van der Waals surface area contributed by atoms with Crippen LogP contribution in [0.1, 0.15) is 12.6 Å². The van der Waals surface area contributed by atoms with Crippen LogP contribution >= 0.6 is 23.5 Å². The van der Waals surface area contributed by atoms with E-state index >= 15 is 0 Å². The van der Waals surface area contributed by atoms with Gasteiger partial charge in [-0.3, -0.25) is 0 Å². The molecule has 1 aromatic rings. The Morgan fingerprint density at radius 1 is 1.29 bits per heavy atom. The molecule has 2 N–H and O–H groups in total. The van der Waals surface area contributed by atoms with E-state index in [0.717, 1.165) is 23.3 Å². The van der Waals surface area contributed by atoms with Gasteiger partial charge in [0.15, 0.2) is 5.69 Å². The largest absolute Gasteiger partial charge is 0.433 e. The average molecular weight is 338 g/mol. The first kappa shape index (κ1) is 16.5. The van der Waals surface area contributed by atoms with Crippen LogP contribution in [0.4, 0.5) is 24.9 Å². The van der Waals surface area contributed by atoms with E-state index in [4.69, 9.17) is 0 Å². The van der Waals surface area contributed by atoms with Gasteiger partial charge >= 0.3 is 6.18 Å². The fourth-order valence-electron chi connectivity index (χ4n) is 1.79. The van der Waals surface area contributed by atoms with Crippen LogP contribution in [0, 0.1) is 0 Å². The first-order valence-corrected chi connectivity index (χ1v) is 8.82. The van der Waals surface area contributed by atoms with Crippen molar-refractivity contribution in [1.82, 2.24) is 9.97 Å². The molecule has 1 aliphatic rings. The molecule has 9 heteroatoms. The van der Waals surface area contributed by atoms with Crippen molar-refractivity contribution in [2.24, 2.45) is 0 Å². The Balaban J connectivity index is 2.07. The van der Waals surface area contributed by atoms with Crippen LogP contribution in [0.3, 0.4) is 0 Å². The Bertz CT molecular complexity index is 464. The molecule has 1 aliphatic heterocycles. The van der Waals surface area contributed by atoms with Gasteiger partial charge in [0.25, 0.3) is 0 Å². The first-order chi connectivity index (χ1) is 9.99. The van der Waals surface area contributed by atoms with E-state index in [-0.39, 0.29) is 11.8 Å². The lowest BCUT2D eigenvalue weighted by Gasteiger charge is -2.21. The summed E-state index contributed by atoms with van der Waals surface area (Å²) < 4.78 is 38.5. The van der Waals surface area contributed by atoms with E-state index in [0.29, 0.717) is 18.3 Å². The molecule has 0 aromatic carbocycles. The second-order valence-corrected chi connectivity index (χ2v) is 7.00. The summed E-state index contributed by atoms with van der Waals surface area (Å²) in [6, 6.07) is 0.960. The van der Waals surface area contributed by atoms with Gasteiger partial charge in [0.1, 0.15) is 5.82 Å². The minimum absolute atomic E-state index is 0.000460. The number of aromatic nitrogens is 2. The van der Waals surface area contributed by atoms with E-state index in [2.05, 4.69) is 20.6 Å². The third-order valence-corrected chi connectivity index (χ3v) is 5.59. The smallest absolute Gasteiger partial charge is 0.369 e. The van der Waals surface area contributed by atoms with Gasteiger partial charge in [-0.1, -0.05) is 0 Å². The topological polar surface area (TPSA) is 49.8 Å². The molecule has 21 heavy (non-hydrogen) atoms. The lowest BCUT2D eigenvalue weighted by Crippen LogP contribution is -2.24. The molecule has 1 unspecified atom stereocenters. The Hall–Kier alpha value is -0.830. The highest BCUT2D eigenvalue weighted by Crippen LogP contribution is 2.30. The van der Waals surface area contributed by atoms with Crippen molar-refractivity contribution >= 4 is 35.3 Å². The Kier molecular flexibility index (Phi) is 5.86. The minimum atomic E-state index is -4.47. The molecule has 0 radical (unpaired) electrons. The molecular formula is C12H17F3N4S2. The normalized spacial score (nSPS) is 19.3. The molecule has 1 fully saturated rings. The molecule has 0 saturated carbocycles. The van der Waals surface area contributed by atoms with Crippen LogP contribution in [-0.4, -0.2) is 45.6 Å². The van der Waals surface area contributed by atoms with Crippen LogP contribution in [0.2, 0.25) is 0 Å². The van der Waals surface area contributed by atoms with Crippen LogP contribution in [0.15, 0.2) is 6.07 Å². The summed E-state index contributed by atoms with van der Waals surface area (Å²) in [4.78, 5) is 7.56. The van der Waals surface area contributed by atoms with Crippen LogP contribution in [-0.2, 0) is 6.18 Å². The summed E-state index contributed by atoms with van der Waals surface area (Å²) in [5.74, 6) is 3.44. The summed E-state index contributed by atoms with van der Waals surface area (Å²) in [5.41, 5.74) is -0.929. The van der Waals surface area contributed by atoms with Gasteiger partial charge in [-0.15, -0.1) is 0 Å². The van der Waals surface area contributed by atoms with Gasteiger partial charge in [0.05, 0.1) is 0 Å². The van der Waals surface area contributed by atoms with Gasteiger partial charge in [0, 0.05) is 41.7 Å². The molecule has 1 saturated heterocycles. The van der Waals surface area contributed by atoms with Crippen molar-refractivity contribution in [3.63, 3.8) is 0 Å². The summed E-state index contributed by atoms with van der Waals surface area (Å²) in [7, 11) is 0. The highest BCUT2D eigenvalue weighted by molar-refractivity contribution is 8.06. The molecule has 0 aliphatic carbocycles. The highest BCUT2D eigenvalue weighted by atomic mass is 32.2. The number of nitrogens with zero attached hydrogens (tertiary/aromatic N) is 2. The van der Waals surface area contributed by atoms with Gasteiger partial charge < -0.3 is 10.6 Å². The third-order valence-electron chi connectivity index (χ3n) is 2.75. The van der Waals surface area contributed by atoms with Gasteiger partial charge in [-0.2, -0.15) is 41.7 Å². The van der Waals surface area contributed by atoms with Crippen LogP contribution < -0.4 is 10.6 Å². The van der Waals surface area contributed by atoms with Crippen molar-refractivity contribution in [3.8, 4) is 0 Å². The number of thioether (sulfide) groups is 2. The second-order valence-electron chi connectivity index (χ2n) is 4.44. The minimum Gasteiger partial charge on any atom is -0.369 e. The monoisotopic (exact) mass is 338 g/mol. The Labute approximate surface area is 130 Å². The number of alkyl halides is 3. The Morgan fingerprint density at radius 2 is 2.10 bits per heavy atom. The molecule has 118 valence electrons. The zero-order chi connectivity index (χ0) is 15.3. The third kappa shape index (κ3) is 5.14. The van der Waals surface area contributed by atoms with Gasteiger partial charge in [-0.05, 0) is 6.92 Å². The van der Waals surface area contributed by atoms with E-state index in [9.17, 15) is 13.2 Å². The second kappa shape index (κ2) is 7.44. The number of halogens is 3. The maximum Gasteiger partial charge on any atom is 0.433 e. The molecule has 0 amide bonds. The molecular weight excluding hydrogens is 321 g/mol. The standard InChI is InChI=1S/C12H17F3N4S2/c1-2-16-11-18-9(12(13,14)15)5-10(19-11)17-6-8-7-20-3-4-21-8/h5,8H,2-4,6-7H2,1H3,(H2,16,17,18,19).